The van der Waals surface area contributed by atoms with Crippen LogP contribution in [0.5, 0.6) is 5.75 Å². The molecule has 1 atom stereocenters. The van der Waals surface area contributed by atoms with E-state index in [2.05, 4.69) is 17.4 Å². The molecule has 0 aromatic heterocycles. The van der Waals surface area contributed by atoms with Crippen molar-refractivity contribution >= 4 is 5.91 Å². The molecule has 0 radical (unpaired) electrons. The average Bonchev–Trinajstić information content (AvgIpc) is 2.73. The predicted octanol–water partition coefficient (Wildman–Crippen LogP) is 4.97. The smallest absolute Gasteiger partial charge is 0.252 e. The lowest BCUT2D eigenvalue weighted by atomic mass is 9.99. The maximum absolute atomic E-state index is 12.8. The van der Waals surface area contributed by atoms with Crippen molar-refractivity contribution in [3.63, 3.8) is 0 Å². The molecule has 0 bridgehead atoms. The normalized spacial score (nSPS) is 11.6. The van der Waals surface area contributed by atoms with Crippen LogP contribution in [-0.4, -0.2) is 13.0 Å². The van der Waals surface area contributed by atoms with Gasteiger partial charge in [0.15, 0.2) is 0 Å². The fourth-order valence-corrected chi connectivity index (χ4v) is 3.13. The van der Waals surface area contributed by atoms with Crippen LogP contribution >= 0.6 is 0 Å². The number of amides is 1. The van der Waals surface area contributed by atoms with Crippen molar-refractivity contribution in [1.82, 2.24) is 5.32 Å². The second-order valence-corrected chi connectivity index (χ2v) is 6.61. The third-order valence-corrected chi connectivity index (χ3v) is 4.75. The first-order valence-corrected chi connectivity index (χ1v) is 9.24. The molecule has 0 fully saturated rings. The van der Waals surface area contributed by atoms with Crippen LogP contribution in [0.4, 0.5) is 0 Å². The van der Waals surface area contributed by atoms with Gasteiger partial charge in [0.2, 0.25) is 0 Å². The van der Waals surface area contributed by atoms with Gasteiger partial charge >= 0.3 is 0 Å². The van der Waals surface area contributed by atoms with Gasteiger partial charge in [-0.1, -0.05) is 60.7 Å². The van der Waals surface area contributed by atoms with E-state index < -0.39 is 0 Å². The second kappa shape index (κ2) is 9.04. The van der Waals surface area contributed by atoms with Gasteiger partial charge in [-0.2, -0.15) is 0 Å². The molecule has 0 saturated carbocycles. The minimum Gasteiger partial charge on any atom is -0.497 e. The molecule has 3 rings (SSSR count). The van der Waals surface area contributed by atoms with Crippen molar-refractivity contribution in [3.05, 3.63) is 101 Å². The monoisotopic (exact) mass is 359 g/mol. The lowest BCUT2D eigenvalue weighted by molar-refractivity contribution is 0.0939. The first kappa shape index (κ1) is 18.7. The van der Waals surface area contributed by atoms with Crippen molar-refractivity contribution in [3.8, 4) is 5.75 Å². The van der Waals surface area contributed by atoms with E-state index in [9.17, 15) is 4.79 Å². The van der Waals surface area contributed by atoms with E-state index in [1.165, 1.54) is 5.56 Å². The number of benzene rings is 3. The molecule has 0 aliphatic heterocycles. The average molecular weight is 359 g/mol. The molecular weight excluding hydrogens is 334 g/mol. The first-order valence-electron chi connectivity index (χ1n) is 9.24. The summed E-state index contributed by atoms with van der Waals surface area (Å²) in [6.45, 7) is 1.99. The number of ether oxygens (including phenoxy) is 1. The number of carbonyl (C=O) groups excluding carboxylic acids is 1. The van der Waals surface area contributed by atoms with Gasteiger partial charge in [0, 0.05) is 5.56 Å². The van der Waals surface area contributed by atoms with Gasteiger partial charge in [-0.25, -0.2) is 0 Å². The number of hydrogen-bond donors (Lipinski definition) is 1. The van der Waals surface area contributed by atoms with E-state index >= 15 is 0 Å². The van der Waals surface area contributed by atoms with E-state index in [1.807, 2.05) is 73.7 Å². The molecule has 1 amide bonds. The summed E-state index contributed by atoms with van der Waals surface area (Å²) >= 11 is 0. The fourth-order valence-electron chi connectivity index (χ4n) is 3.13. The summed E-state index contributed by atoms with van der Waals surface area (Å²) in [7, 11) is 1.65. The molecular formula is C24H25NO2. The van der Waals surface area contributed by atoms with Crippen molar-refractivity contribution in [1.29, 1.82) is 0 Å². The second-order valence-electron chi connectivity index (χ2n) is 6.61. The molecule has 3 aromatic rings. The van der Waals surface area contributed by atoms with Crippen molar-refractivity contribution in [2.24, 2.45) is 0 Å². The summed E-state index contributed by atoms with van der Waals surface area (Å²) in [6.07, 6.45) is 1.75. The lowest BCUT2D eigenvalue weighted by Gasteiger charge is -2.16. The summed E-state index contributed by atoms with van der Waals surface area (Å²) in [4.78, 5) is 12.8. The Hall–Kier alpha value is -3.07. The molecule has 0 heterocycles. The SMILES string of the molecule is COc1ccc([C@H](C)NC(=O)c2ccccc2CCc2ccccc2)cc1. The first-order chi connectivity index (χ1) is 13.2. The van der Waals surface area contributed by atoms with Gasteiger partial charge in [0.05, 0.1) is 13.2 Å². The van der Waals surface area contributed by atoms with Gasteiger partial charge in [0.25, 0.3) is 5.91 Å². The van der Waals surface area contributed by atoms with Crippen LogP contribution in [0, 0.1) is 0 Å². The zero-order valence-corrected chi connectivity index (χ0v) is 15.8. The van der Waals surface area contributed by atoms with Crippen molar-refractivity contribution in [2.75, 3.05) is 7.11 Å². The van der Waals surface area contributed by atoms with Crippen LogP contribution in [0.1, 0.15) is 40.0 Å². The number of nitrogens with one attached hydrogen (secondary N) is 1. The van der Waals surface area contributed by atoms with Crippen LogP contribution in [0.15, 0.2) is 78.9 Å². The molecule has 3 heteroatoms. The van der Waals surface area contributed by atoms with Crippen LogP contribution in [0.2, 0.25) is 0 Å². The minimum atomic E-state index is -0.0782. The largest absolute Gasteiger partial charge is 0.497 e. The molecule has 0 unspecified atom stereocenters. The molecule has 27 heavy (non-hydrogen) atoms. The quantitative estimate of drug-likeness (QED) is 0.647. The Morgan fingerprint density at radius 2 is 1.56 bits per heavy atom. The summed E-state index contributed by atoms with van der Waals surface area (Å²) < 4.78 is 5.19. The van der Waals surface area contributed by atoms with Crippen LogP contribution in [0.25, 0.3) is 0 Å². The van der Waals surface area contributed by atoms with Crippen LogP contribution in [0.3, 0.4) is 0 Å². The molecule has 3 aromatic carbocycles. The molecule has 138 valence electrons. The predicted molar refractivity (Wildman–Crippen MR) is 109 cm³/mol. The highest BCUT2D eigenvalue weighted by molar-refractivity contribution is 5.95. The van der Waals surface area contributed by atoms with Gasteiger partial charge in [-0.05, 0) is 54.7 Å². The van der Waals surface area contributed by atoms with Crippen LogP contribution < -0.4 is 10.1 Å². The van der Waals surface area contributed by atoms with E-state index in [0.29, 0.717) is 0 Å². The van der Waals surface area contributed by atoms with Gasteiger partial charge in [-0.15, -0.1) is 0 Å². The summed E-state index contributed by atoms with van der Waals surface area (Å²) in [5, 5.41) is 3.11. The maximum Gasteiger partial charge on any atom is 0.252 e. The molecule has 3 nitrogen and oxygen atoms in total. The molecule has 0 saturated heterocycles. The van der Waals surface area contributed by atoms with Gasteiger partial charge < -0.3 is 10.1 Å². The standard InChI is InChI=1S/C24H25NO2/c1-18(20-14-16-22(27-2)17-15-20)25-24(26)23-11-7-6-10-21(23)13-12-19-8-4-3-5-9-19/h3-11,14-18H,12-13H2,1-2H3,(H,25,26)/t18-/m0/s1. The van der Waals surface area contributed by atoms with E-state index in [1.54, 1.807) is 7.11 Å². The van der Waals surface area contributed by atoms with Gasteiger partial charge in [0.1, 0.15) is 5.75 Å². The Labute approximate surface area is 161 Å². The number of hydrogen-bond acceptors (Lipinski definition) is 2. The van der Waals surface area contributed by atoms with E-state index in [0.717, 1.165) is 35.3 Å². The van der Waals surface area contributed by atoms with Crippen molar-refractivity contribution < 1.29 is 9.53 Å². The highest BCUT2D eigenvalue weighted by Crippen LogP contribution is 2.19. The highest BCUT2D eigenvalue weighted by atomic mass is 16.5. The molecule has 1 N–H and O–H groups in total. The van der Waals surface area contributed by atoms with Gasteiger partial charge in [-0.3, -0.25) is 4.79 Å². The number of aryl methyl sites for hydroxylation is 2. The maximum atomic E-state index is 12.8. The Morgan fingerprint density at radius 3 is 2.26 bits per heavy atom. The van der Waals surface area contributed by atoms with Crippen molar-refractivity contribution in [2.45, 2.75) is 25.8 Å². The Balaban J connectivity index is 1.68. The number of rotatable bonds is 7. The number of methoxy groups -OCH3 is 1. The topological polar surface area (TPSA) is 38.3 Å². The van der Waals surface area contributed by atoms with Crippen LogP contribution in [-0.2, 0) is 12.8 Å². The summed E-state index contributed by atoms with van der Waals surface area (Å²) in [5.41, 5.74) is 4.14. The lowest BCUT2D eigenvalue weighted by Crippen LogP contribution is -2.27. The Kier molecular flexibility index (Phi) is 6.26. The highest BCUT2D eigenvalue weighted by Gasteiger charge is 2.14. The molecule has 0 aliphatic rings. The zero-order chi connectivity index (χ0) is 19.1. The minimum absolute atomic E-state index is 0.0398. The summed E-state index contributed by atoms with van der Waals surface area (Å²) in [6, 6.07) is 25.9. The zero-order valence-electron chi connectivity index (χ0n) is 15.8. The number of carbonyl (C=O) groups is 1. The molecule has 0 spiro atoms. The fraction of sp³-hybridized carbons (Fsp3) is 0.208. The van der Waals surface area contributed by atoms with E-state index in [4.69, 9.17) is 4.74 Å². The third kappa shape index (κ3) is 4.98. The molecule has 0 aliphatic carbocycles. The summed E-state index contributed by atoms with van der Waals surface area (Å²) in [5.74, 6) is 0.769. The Bertz CT molecular complexity index is 872. The Morgan fingerprint density at radius 1 is 0.889 bits per heavy atom. The van der Waals surface area contributed by atoms with E-state index in [-0.39, 0.29) is 11.9 Å². The third-order valence-electron chi connectivity index (χ3n) is 4.75.